The molecule has 3 nitrogen and oxygen atoms in total. The fourth-order valence-electron chi connectivity index (χ4n) is 1.72. The van der Waals surface area contributed by atoms with E-state index >= 15 is 0 Å². The van der Waals surface area contributed by atoms with Crippen LogP contribution in [0.4, 0.5) is 10.5 Å². The van der Waals surface area contributed by atoms with E-state index in [2.05, 4.69) is 29.3 Å². The predicted molar refractivity (Wildman–Crippen MR) is 79.1 cm³/mol. The van der Waals surface area contributed by atoms with Crippen LogP contribution in [-0.2, 0) is 0 Å². The average molecular weight is 252 g/mol. The maximum Gasteiger partial charge on any atom is 0.319 e. The Balaban J connectivity index is 2.03. The van der Waals surface area contributed by atoms with Crippen molar-refractivity contribution < 1.29 is 4.79 Å². The van der Waals surface area contributed by atoms with Gasteiger partial charge in [-0.1, -0.05) is 48.5 Å². The van der Waals surface area contributed by atoms with Crippen molar-refractivity contribution in [2.75, 3.05) is 11.9 Å². The fourth-order valence-corrected chi connectivity index (χ4v) is 1.72. The highest BCUT2D eigenvalue weighted by atomic mass is 16.2. The lowest BCUT2D eigenvalue weighted by Gasteiger charge is -2.07. The zero-order chi connectivity index (χ0) is 13.5. The minimum Gasteiger partial charge on any atom is -0.334 e. The third-order valence-electron chi connectivity index (χ3n) is 2.66. The molecule has 0 saturated carbocycles. The van der Waals surface area contributed by atoms with E-state index in [4.69, 9.17) is 0 Å². The normalized spacial score (nSPS) is 9.68. The molecule has 19 heavy (non-hydrogen) atoms. The van der Waals surface area contributed by atoms with Gasteiger partial charge in [-0.3, -0.25) is 0 Å². The molecule has 96 valence electrons. The summed E-state index contributed by atoms with van der Waals surface area (Å²) >= 11 is 0. The molecule has 0 atom stereocenters. The number of hydrogen-bond donors (Lipinski definition) is 2. The Labute approximate surface area is 113 Å². The van der Waals surface area contributed by atoms with E-state index in [1.54, 1.807) is 6.08 Å². The molecule has 0 aliphatic rings. The Bertz CT molecular complexity index is 547. The number of carbonyl (C=O) groups excluding carboxylic acids is 1. The van der Waals surface area contributed by atoms with Gasteiger partial charge in [0.1, 0.15) is 0 Å². The van der Waals surface area contributed by atoms with Gasteiger partial charge in [0.2, 0.25) is 0 Å². The highest BCUT2D eigenvalue weighted by Gasteiger charge is 2.00. The van der Waals surface area contributed by atoms with Crippen molar-refractivity contribution in [1.82, 2.24) is 5.32 Å². The molecule has 0 heterocycles. The first-order chi connectivity index (χ1) is 9.29. The van der Waals surface area contributed by atoms with Crippen LogP contribution < -0.4 is 10.6 Å². The van der Waals surface area contributed by atoms with E-state index in [0.29, 0.717) is 6.54 Å². The Morgan fingerprint density at radius 1 is 1.00 bits per heavy atom. The molecule has 0 aromatic heterocycles. The largest absolute Gasteiger partial charge is 0.334 e. The molecule has 0 fully saturated rings. The zero-order valence-electron chi connectivity index (χ0n) is 10.6. The molecule has 2 rings (SSSR count). The van der Waals surface area contributed by atoms with Crippen molar-refractivity contribution in [3.8, 4) is 11.1 Å². The van der Waals surface area contributed by atoms with Crippen LogP contribution in [0.5, 0.6) is 0 Å². The van der Waals surface area contributed by atoms with Crippen molar-refractivity contribution in [2.45, 2.75) is 0 Å². The summed E-state index contributed by atoms with van der Waals surface area (Å²) in [6, 6.07) is 17.6. The van der Waals surface area contributed by atoms with E-state index in [-0.39, 0.29) is 6.03 Å². The third kappa shape index (κ3) is 3.71. The van der Waals surface area contributed by atoms with Gasteiger partial charge < -0.3 is 10.6 Å². The monoisotopic (exact) mass is 252 g/mol. The lowest BCUT2D eigenvalue weighted by atomic mass is 10.1. The van der Waals surface area contributed by atoms with Crippen LogP contribution >= 0.6 is 0 Å². The maximum atomic E-state index is 11.5. The molecule has 0 saturated heterocycles. The van der Waals surface area contributed by atoms with Crippen LogP contribution in [-0.4, -0.2) is 12.6 Å². The smallest absolute Gasteiger partial charge is 0.319 e. The lowest BCUT2D eigenvalue weighted by molar-refractivity contribution is 0.253. The predicted octanol–water partition coefficient (Wildman–Crippen LogP) is 3.66. The summed E-state index contributed by atoms with van der Waals surface area (Å²) in [6.07, 6.45) is 1.64. The van der Waals surface area contributed by atoms with Crippen LogP contribution in [0.2, 0.25) is 0 Å². The third-order valence-corrected chi connectivity index (χ3v) is 2.66. The van der Waals surface area contributed by atoms with Gasteiger partial charge in [0.15, 0.2) is 0 Å². The molecule has 0 spiro atoms. The number of rotatable bonds is 4. The lowest BCUT2D eigenvalue weighted by Crippen LogP contribution is -2.28. The number of nitrogens with one attached hydrogen (secondary N) is 2. The van der Waals surface area contributed by atoms with Crippen LogP contribution in [0, 0.1) is 0 Å². The van der Waals surface area contributed by atoms with Gasteiger partial charge in [-0.2, -0.15) is 0 Å². The van der Waals surface area contributed by atoms with E-state index in [0.717, 1.165) is 16.8 Å². The number of benzene rings is 2. The van der Waals surface area contributed by atoms with Gasteiger partial charge >= 0.3 is 6.03 Å². The van der Waals surface area contributed by atoms with Gasteiger partial charge in [-0.15, -0.1) is 6.58 Å². The number of amides is 2. The molecule has 0 bridgehead atoms. The first kappa shape index (κ1) is 12.9. The summed E-state index contributed by atoms with van der Waals surface area (Å²) in [6.45, 7) is 3.99. The Kier molecular flexibility index (Phi) is 4.34. The minimum absolute atomic E-state index is 0.229. The molecule has 2 aromatic carbocycles. The summed E-state index contributed by atoms with van der Waals surface area (Å²) in [5.41, 5.74) is 3.05. The van der Waals surface area contributed by atoms with E-state index in [1.807, 2.05) is 42.5 Å². The van der Waals surface area contributed by atoms with Crippen molar-refractivity contribution in [3.05, 3.63) is 67.3 Å². The topological polar surface area (TPSA) is 41.1 Å². The molecule has 2 amide bonds. The van der Waals surface area contributed by atoms with E-state index in [1.165, 1.54) is 0 Å². The number of carbonyl (C=O) groups is 1. The van der Waals surface area contributed by atoms with Gasteiger partial charge in [0, 0.05) is 12.2 Å². The standard InChI is InChI=1S/C16H16N2O/c1-2-12-17-16(19)18-15-10-8-14(9-11-15)13-6-4-3-5-7-13/h2-11H,1,12H2,(H2,17,18,19). The highest BCUT2D eigenvalue weighted by Crippen LogP contribution is 2.20. The second kappa shape index (κ2) is 6.40. The zero-order valence-corrected chi connectivity index (χ0v) is 10.6. The molecule has 2 N–H and O–H groups in total. The summed E-state index contributed by atoms with van der Waals surface area (Å²) in [4.78, 5) is 11.5. The maximum absolute atomic E-state index is 11.5. The summed E-state index contributed by atoms with van der Waals surface area (Å²) in [5.74, 6) is 0. The van der Waals surface area contributed by atoms with Gasteiger partial charge in [0.25, 0.3) is 0 Å². The Hall–Kier alpha value is -2.55. The second-order valence-corrected chi connectivity index (χ2v) is 4.07. The minimum atomic E-state index is -0.229. The van der Waals surface area contributed by atoms with Gasteiger partial charge in [0.05, 0.1) is 0 Å². The van der Waals surface area contributed by atoms with Crippen molar-refractivity contribution in [3.63, 3.8) is 0 Å². The number of hydrogen-bond acceptors (Lipinski definition) is 1. The fraction of sp³-hybridized carbons (Fsp3) is 0.0625. The van der Waals surface area contributed by atoms with Gasteiger partial charge in [-0.25, -0.2) is 4.79 Å². The van der Waals surface area contributed by atoms with Crippen molar-refractivity contribution >= 4 is 11.7 Å². The summed E-state index contributed by atoms with van der Waals surface area (Å²) in [5, 5.41) is 5.42. The second-order valence-electron chi connectivity index (χ2n) is 4.07. The van der Waals surface area contributed by atoms with Crippen LogP contribution in [0.1, 0.15) is 0 Å². The number of anilines is 1. The average Bonchev–Trinajstić information content (AvgIpc) is 2.47. The molecule has 3 heteroatoms. The first-order valence-corrected chi connectivity index (χ1v) is 6.11. The van der Waals surface area contributed by atoms with E-state index < -0.39 is 0 Å². The van der Waals surface area contributed by atoms with Crippen LogP contribution in [0.3, 0.4) is 0 Å². The quantitative estimate of drug-likeness (QED) is 0.801. The molecule has 0 unspecified atom stereocenters. The first-order valence-electron chi connectivity index (χ1n) is 6.11. The highest BCUT2D eigenvalue weighted by molar-refractivity contribution is 5.89. The van der Waals surface area contributed by atoms with Crippen molar-refractivity contribution in [1.29, 1.82) is 0 Å². The summed E-state index contributed by atoms with van der Waals surface area (Å²) < 4.78 is 0. The van der Waals surface area contributed by atoms with Gasteiger partial charge in [-0.05, 0) is 23.3 Å². The molecule has 0 aliphatic carbocycles. The molecule has 0 aliphatic heterocycles. The molecular weight excluding hydrogens is 236 g/mol. The Morgan fingerprint density at radius 3 is 2.26 bits per heavy atom. The summed E-state index contributed by atoms with van der Waals surface area (Å²) in [7, 11) is 0. The van der Waals surface area contributed by atoms with Crippen LogP contribution in [0.25, 0.3) is 11.1 Å². The number of urea groups is 1. The van der Waals surface area contributed by atoms with Crippen LogP contribution in [0.15, 0.2) is 67.3 Å². The van der Waals surface area contributed by atoms with E-state index in [9.17, 15) is 4.79 Å². The molecular formula is C16H16N2O. The molecule has 2 aromatic rings. The molecule has 0 radical (unpaired) electrons. The van der Waals surface area contributed by atoms with Crippen molar-refractivity contribution in [2.24, 2.45) is 0 Å². The SMILES string of the molecule is C=CCNC(=O)Nc1ccc(-c2ccccc2)cc1. The Morgan fingerprint density at radius 2 is 1.63 bits per heavy atom.